The first kappa shape index (κ1) is 12.9. The van der Waals surface area contributed by atoms with E-state index in [2.05, 4.69) is 33.5 Å². The van der Waals surface area contributed by atoms with Gasteiger partial charge in [-0.15, -0.1) is 0 Å². The summed E-state index contributed by atoms with van der Waals surface area (Å²) in [5, 5.41) is 12.1. The zero-order valence-electron chi connectivity index (χ0n) is 11.3. The molecule has 0 atom stereocenters. The van der Waals surface area contributed by atoms with Crippen molar-refractivity contribution in [3.8, 4) is 11.8 Å². The van der Waals surface area contributed by atoms with Crippen molar-refractivity contribution in [2.24, 2.45) is 0 Å². The fraction of sp³-hybridized carbons (Fsp3) is 0.0625. The van der Waals surface area contributed by atoms with E-state index in [1.807, 2.05) is 22.9 Å². The number of pyridine rings is 1. The van der Waals surface area contributed by atoms with E-state index < -0.39 is 0 Å². The second-order valence-corrected chi connectivity index (χ2v) is 4.53. The van der Waals surface area contributed by atoms with Crippen LogP contribution < -0.4 is 5.32 Å². The van der Waals surface area contributed by atoms with Crippen molar-refractivity contribution in [2.75, 3.05) is 5.32 Å². The standard InChI is InChI=1S/C16H13N5/c17-10-14-5-6-19-16(9-14)20-11-13-1-3-15(4-2-13)21-8-7-18-12-21/h1-9,12H,11H2,(H,19,20). The molecular formula is C16H13N5. The van der Waals surface area contributed by atoms with Gasteiger partial charge in [0.25, 0.3) is 0 Å². The second-order valence-electron chi connectivity index (χ2n) is 4.53. The summed E-state index contributed by atoms with van der Waals surface area (Å²) in [6.45, 7) is 0.659. The van der Waals surface area contributed by atoms with Gasteiger partial charge >= 0.3 is 0 Å². The highest BCUT2D eigenvalue weighted by molar-refractivity contribution is 5.43. The first-order valence-electron chi connectivity index (χ1n) is 6.52. The average Bonchev–Trinajstić information content (AvgIpc) is 3.08. The third-order valence-corrected chi connectivity index (χ3v) is 3.10. The summed E-state index contributed by atoms with van der Waals surface area (Å²) in [4.78, 5) is 8.22. The molecule has 0 saturated carbocycles. The van der Waals surface area contributed by atoms with Crippen LogP contribution in [-0.4, -0.2) is 14.5 Å². The zero-order valence-corrected chi connectivity index (χ0v) is 11.3. The molecule has 0 saturated heterocycles. The van der Waals surface area contributed by atoms with Crippen LogP contribution in [0.2, 0.25) is 0 Å². The van der Waals surface area contributed by atoms with Crippen LogP contribution in [0.5, 0.6) is 0 Å². The molecule has 0 spiro atoms. The average molecular weight is 275 g/mol. The molecule has 3 rings (SSSR count). The van der Waals surface area contributed by atoms with E-state index in [4.69, 9.17) is 5.26 Å². The van der Waals surface area contributed by atoms with Gasteiger partial charge in [-0.05, 0) is 29.8 Å². The Labute approximate surface area is 122 Å². The first-order valence-corrected chi connectivity index (χ1v) is 6.52. The summed E-state index contributed by atoms with van der Waals surface area (Å²) in [6, 6.07) is 13.7. The van der Waals surface area contributed by atoms with Crippen molar-refractivity contribution in [3.05, 3.63) is 72.4 Å². The van der Waals surface area contributed by atoms with E-state index in [0.717, 1.165) is 11.3 Å². The van der Waals surface area contributed by atoms with E-state index in [1.54, 1.807) is 30.9 Å². The lowest BCUT2D eigenvalue weighted by Gasteiger charge is -2.07. The summed E-state index contributed by atoms with van der Waals surface area (Å²) in [6.07, 6.45) is 7.06. The van der Waals surface area contributed by atoms with Gasteiger partial charge in [0.2, 0.25) is 0 Å². The molecule has 0 aliphatic heterocycles. The number of hydrogen-bond donors (Lipinski definition) is 1. The van der Waals surface area contributed by atoms with Crippen molar-refractivity contribution in [2.45, 2.75) is 6.54 Å². The molecule has 1 aromatic carbocycles. The number of nitriles is 1. The molecule has 21 heavy (non-hydrogen) atoms. The van der Waals surface area contributed by atoms with Crippen LogP contribution in [0, 0.1) is 11.3 Å². The molecular weight excluding hydrogens is 262 g/mol. The molecule has 102 valence electrons. The number of imidazole rings is 1. The largest absolute Gasteiger partial charge is 0.366 e. The molecule has 3 aromatic rings. The minimum atomic E-state index is 0.600. The Morgan fingerprint density at radius 2 is 2.00 bits per heavy atom. The Bertz CT molecular complexity index is 754. The van der Waals surface area contributed by atoms with E-state index in [0.29, 0.717) is 17.9 Å². The molecule has 2 aromatic heterocycles. The molecule has 0 aliphatic carbocycles. The van der Waals surface area contributed by atoms with Crippen LogP contribution >= 0.6 is 0 Å². The lowest BCUT2D eigenvalue weighted by Crippen LogP contribution is -2.01. The molecule has 0 amide bonds. The molecule has 5 nitrogen and oxygen atoms in total. The van der Waals surface area contributed by atoms with Gasteiger partial charge in [0, 0.05) is 30.8 Å². The van der Waals surface area contributed by atoms with Crippen molar-refractivity contribution in [3.63, 3.8) is 0 Å². The van der Waals surface area contributed by atoms with Gasteiger partial charge in [-0.25, -0.2) is 9.97 Å². The Hall–Kier alpha value is -3.13. The minimum Gasteiger partial charge on any atom is -0.366 e. The Morgan fingerprint density at radius 3 is 2.71 bits per heavy atom. The molecule has 0 aliphatic rings. The fourth-order valence-electron chi connectivity index (χ4n) is 1.99. The molecule has 1 N–H and O–H groups in total. The van der Waals surface area contributed by atoms with Gasteiger partial charge < -0.3 is 9.88 Å². The molecule has 2 heterocycles. The molecule has 0 unspecified atom stereocenters. The summed E-state index contributed by atoms with van der Waals surface area (Å²) < 4.78 is 1.95. The van der Waals surface area contributed by atoms with E-state index >= 15 is 0 Å². The van der Waals surface area contributed by atoms with Gasteiger partial charge in [0.15, 0.2) is 0 Å². The topological polar surface area (TPSA) is 66.5 Å². The Morgan fingerprint density at radius 1 is 1.14 bits per heavy atom. The number of nitrogens with one attached hydrogen (secondary N) is 1. The van der Waals surface area contributed by atoms with Crippen LogP contribution in [-0.2, 0) is 6.54 Å². The maximum absolute atomic E-state index is 8.86. The monoisotopic (exact) mass is 275 g/mol. The number of aromatic nitrogens is 3. The fourth-order valence-corrected chi connectivity index (χ4v) is 1.99. The lowest BCUT2D eigenvalue weighted by atomic mass is 10.2. The summed E-state index contributed by atoms with van der Waals surface area (Å²) >= 11 is 0. The molecule has 0 radical (unpaired) electrons. The highest BCUT2D eigenvalue weighted by Gasteiger charge is 1.99. The maximum Gasteiger partial charge on any atom is 0.127 e. The normalized spacial score (nSPS) is 10.0. The Kier molecular flexibility index (Phi) is 3.61. The molecule has 0 bridgehead atoms. The van der Waals surface area contributed by atoms with Crippen molar-refractivity contribution < 1.29 is 0 Å². The molecule has 0 fully saturated rings. The van der Waals surface area contributed by atoms with Crippen molar-refractivity contribution >= 4 is 5.82 Å². The lowest BCUT2D eigenvalue weighted by molar-refractivity contribution is 1.05. The predicted molar refractivity (Wildman–Crippen MR) is 79.8 cm³/mol. The second kappa shape index (κ2) is 5.88. The highest BCUT2D eigenvalue weighted by atomic mass is 15.0. The molecule has 5 heteroatoms. The van der Waals surface area contributed by atoms with Gasteiger partial charge in [0.05, 0.1) is 18.0 Å². The Balaban J connectivity index is 1.67. The number of benzene rings is 1. The highest BCUT2D eigenvalue weighted by Crippen LogP contribution is 2.11. The third-order valence-electron chi connectivity index (χ3n) is 3.10. The summed E-state index contributed by atoms with van der Waals surface area (Å²) in [7, 11) is 0. The maximum atomic E-state index is 8.86. The summed E-state index contributed by atoms with van der Waals surface area (Å²) in [5.41, 5.74) is 2.81. The van der Waals surface area contributed by atoms with E-state index in [9.17, 15) is 0 Å². The zero-order chi connectivity index (χ0) is 14.5. The van der Waals surface area contributed by atoms with Gasteiger partial charge in [-0.3, -0.25) is 0 Å². The van der Waals surface area contributed by atoms with Crippen LogP contribution in [0.4, 0.5) is 5.82 Å². The van der Waals surface area contributed by atoms with Crippen LogP contribution in [0.3, 0.4) is 0 Å². The number of anilines is 1. The van der Waals surface area contributed by atoms with Gasteiger partial charge in [-0.1, -0.05) is 12.1 Å². The smallest absolute Gasteiger partial charge is 0.127 e. The van der Waals surface area contributed by atoms with Gasteiger partial charge in [-0.2, -0.15) is 5.26 Å². The van der Waals surface area contributed by atoms with E-state index in [-0.39, 0.29) is 0 Å². The number of hydrogen-bond acceptors (Lipinski definition) is 4. The van der Waals surface area contributed by atoms with Crippen LogP contribution in [0.15, 0.2) is 61.3 Å². The minimum absolute atomic E-state index is 0.600. The van der Waals surface area contributed by atoms with Crippen molar-refractivity contribution in [1.29, 1.82) is 5.26 Å². The third kappa shape index (κ3) is 3.07. The first-order chi connectivity index (χ1) is 10.3. The number of nitrogens with zero attached hydrogens (tertiary/aromatic N) is 4. The SMILES string of the molecule is N#Cc1ccnc(NCc2ccc(-n3ccnc3)cc2)c1. The predicted octanol–water partition coefficient (Wildman–Crippen LogP) is 2.75. The van der Waals surface area contributed by atoms with Gasteiger partial charge in [0.1, 0.15) is 5.82 Å². The van der Waals surface area contributed by atoms with Crippen LogP contribution in [0.1, 0.15) is 11.1 Å². The number of rotatable bonds is 4. The van der Waals surface area contributed by atoms with E-state index in [1.165, 1.54) is 0 Å². The quantitative estimate of drug-likeness (QED) is 0.795. The summed E-state index contributed by atoms with van der Waals surface area (Å²) in [5.74, 6) is 0.702. The van der Waals surface area contributed by atoms with Crippen molar-refractivity contribution in [1.82, 2.24) is 14.5 Å². The van der Waals surface area contributed by atoms with Crippen LogP contribution in [0.25, 0.3) is 5.69 Å².